The second-order valence-electron chi connectivity index (χ2n) is 6.46. The van der Waals surface area contributed by atoms with Crippen LogP contribution >= 0.6 is 0 Å². The van der Waals surface area contributed by atoms with Gasteiger partial charge in [0.1, 0.15) is 6.26 Å². The summed E-state index contributed by atoms with van der Waals surface area (Å²) in [5.41, 5.74) is 3.95. The number of aromatic nitrogens is 1. The van der Waals surface area contributed by atoms with Gasteiger partial charge in [-0.3, -0.25) is 4.79 Å². The molecule has 27 heavy (non-hydrogen) atoms. The summed E-state index contributed by atoms with van der Waals surface area (Å²) >= 11 is 0. The maximum absolute atomic E-state index is 12.2. The standard InChI is InChI=1S/C22H25N3O2/c1-3-25(20-11-7-8-17(2)14-20)13-12-23-21(26)15-19-16-27-22(24-19)18-9-5-4-6-10-18/h4-11,14,16H,3,12-13,15H2,1-2H3,(H,23,26). The van der Waals surface area contributed by atoms with Crippen LogP contribution in [0.3, 0.4) is 0 Å². The van der Waals surface area contributed by atoms with E-state index in [-0.39, 0.29) is 12.3 Å². The Morgan fingerprint density at radius 1 is 1.15 bits per heavy atom. The first-order valence-electron chi connectivity index (χ1n) is 9.24. The van der Waals surface area contributed by atoms with Crippen LogP contribution in [-0.2, 0) is 11.2 Å². The number of hydrogen-bond donors (Lipinski definition) is 1. The third-order valence-corrected chi connectivity index (χ3v) is 4.37. The predicted molar refractivity (Wildman–Crippen MR) is 108 cm³/mol. The van der Waals surface area contributed by atoms with Gasteiger partial charge in [-0.1, -0.05) is 30.3 Å². The normalized spacial score (nSPS) is 10.6. The lowest BCUT2D eigenvalue weighted by atomic mass is 10.2. The molecule has 1 amide bonds. The Morgan fingerprint density at radius 2 is 1.96 bits per heavy atom. The number of aryl methyl sites for hydroxylation is 1. The van der Waals surface area contributed by atoms with Crippen molar-refractivity contribution in [3.63, 3.8) is 0 Å². The first-order valence-corrected chi connectivity index (χ1v) is 9.24. The van der Waals surface area contributed by atoms with E-state index in [0.717, 1.165) is 18.7 Å². The summed E-state index contributed by atoms with van der Waals surface area (Å²) in [5, 5.41) is 2.97. The molecule has 1 heterocycles. The maximum Gasteiger partial charge on any atom is 0.226 e. The van der Waals surface area contributed by atoms with Gasteiger partial charge in [0, 0.05) is 30.9 Å². The van der Waals surface area contributed by atoms with Crippen molar-refractivity contribution in [2.24, 2.45) is 0 Å². The van der Waals surface area contributed by atoms with Crippen molar-refractivity contribution in [2.75, 3.05) is 24.5 Å². The summed E-state index contributed by atoms with van der Waals surface area (Å²) in [6, 6.07) is 18.1. The van der Waals surface area contributed by atoms with Gasteiger partial charge in [-0.15, -0.1) is 0 Å². The third-order valence-electron chi connectivity index (χ3n) is 4.37. The Labute approximate surface area is 160 Å². The molecule has 0 aliphatic carbocycles. The molecule has 0 aliphatic rings. The highest BCUT2D eigenvalue weighted by Gasteiger charge is 2.11. The van der Waals surface area contributed by atoms with Crippen molar-refractivity contribution < 1.29 is 9.21 Å². The van der Waals surface area contributed by atoms with Gasteiger partial charge in [0.15, 0.2) is 0 Å². The smallest absolute Gasteiger partial charge is 0.226 e. The Hall–Kier alpha value is -3.08. The molecule has 1 N–H and O–H groups in total. The van der Waals surface area contributed by atoms with Crippen LogP contribution in [0.1, 0.15) is 18.2 Å². The zero-order chi connectivity index (χ0) is 19.1. The molecule has 0 saturated heterocycles. The topological polar surface area (TPSA) is 58.4 Å². The van der Waals surface area contributed by atoms with Crippen LogP contribution in [0, 0.1) is 6.92 Å². The first kappa shape index (κ1) is 18.7. The molecule has 3 rings (SSSR count). The molecule has 0 saturated carbocycles. The number of nitrogens with zero attached hydrogens (tertiary/aromatic N) is 2. The Kier molecular flexibility index (Phi) is 6.26. The lowest BCUT2D eigenvalue weighted by Gasteiger charge is -2.23. The van der Waals surface area contributed by atoms with E-state index in [9.17, 15) is 4.79 Å². The van der Waals surface area contributed by atoms with E-state index in [0.29, 0.717) is 18.1 Å². The van der Waals surface area contributed by atoms with E-state index in [1.807, 2.05) is 30.3 Å². The van der Waals surface area contributed by atoms with Crippen molar-refractivity contribution in [3.8, 4) is 11.5 Å². The van der Waals surface area contributed by atoms with E-state index in [1.165, 1.54) is 11.3 Å². The van der Waals surface area contributed by atoms with E-state index >= 15 is 0 Å². The van der Waals surface area contributed by atoms with Crippen LogP contribution < -0.4 is 10.2 Å². The van der Waals surface area contributed by atoms with Gasteiger partial charge >= 0.3 is 0 Å². The SMILES string of the molecule is CCN(CCNC(=O)Cc1coc(-c2ccccc2)n1)c1cccc(C)c1. The summed E-state index contributed by atoms with van der Waals surface area (Å²) in [4.78, 5) is 18.9. The number of nitrogens with one attached hydrogen (secondary N) is 1. The number of likely N-dealkylation sites (N-methyl/N-ethyl adjacent to an activating group) is 1. The third kappa shape index (κ3) is 5.20. The summed E-state index contributed by atoms with van der Waals surface area (Å²) in [6.07, 6.45) is 1.76. The van der Waals surface area contributed by atoms with Crippen LogP contribution in [0.5, 0.6) is 0 Å². The van der Waals surface area contributed by atoms with Gasteiger partial charge in [0.2, 0.25) is 11.8 Å². The number of hydrogen-bond acceptors (Lipinski definition) is 4. The van der Waals surface area contributed by atoms with Gasteiger partial charge in [0.25, 0.3) is 0 Å². The van der Waals surface area contributed by atoms with Crippen molar-refractivity contribution in [1.29, 1.82) is 0 Å². The Balaban J connectivity index is 1.49. The second kappa shape index (κ2) is 9.03. The first-order chi connectivity index (χ1) is 13.2. The van der Waals surface area contributed by atoms with Crippen LogP contribution in [0.2, 0.25) is 0 Å². The van der Waals surface area contributed by atoms with Gasteiger partial charge in [0.05, 0.1) is 12.1 Å². The van der Waals surface area contributed by atoms with Crippen molar-refractivity contribution in [2.45, 2.75) is 20.3 Å². The number of rotatable bonds is 8. The highest BCUT2D eigenvalue weighted by molar-refractivity contribution is 5.78. The van der Waals surface area contributed by atoms with Crippen LogP contribution in [-0.4, -0.2) is 30.5 Å². The van der Waals surface area contributed by atoms with Crippen molar-refractivity contribution in [3.05, 3.63) is 72.1 Å². The molecule has 0 bridgehead atoms. The van der Waals surface area contributed by atoms with E-state index in [4.69, 9.17) is 4.42 Å². The van der Waals surface area contributed by atoms with Gasteiger partial charge < -0.3 is 14.6 Å². The highest BCUT2D eigenvalue weighted by atomic mass is 16.3. The number of amides is 1. The molecule has 0 atom stereocenters. The van der Waals surface area contributed by atoms with E-state index in [1.54, 1.807) is 6.26 Å². The predicted octanol–water partition coefficient (Wildman–Crippen LogP) is 3.84. The molecule has 0 unspecified atom stereocenters. The summed E-state index contributed by atoms with van der Waals surface area (Å²) in [5.74, 6) is 0.484. The lowest BCUT2D eigenvalue weighted by molar-refractivity contribution is -0.120. The molecule has 0 aliphatic heterocycles. The summed E-state index contributed by atoms with van der Waals surface area (Å²) in [6.45, 7) is 6.44. The molecule has 140 valence electrons. The fourth-order valence-electron chi connectivity index (χ4n) is 2.95. The molecule has 0 spiro atoms. The minimum atomic E-state index is -0.0526. The minimum Gasteiger partial charge on any atom is -0.444 e. The molecular formula is C22H25N3O2. The zero-order valence-corrected chi connectivity index (χ0v) is 15.8. The molecule has 3 aromatic rings. The average Bonchev–Trinajstić information content (AvgIpc) is 3.14. The highest BCUT2D eigenvalue weighted by Crippen LogP contribution is 2.18. The molecule has 1 aromatic heterocycles. The largest absolute Gasteiger partial charge is 0.444 e. The van der Waals surface area contributed by atoms with Crippen LogP contribution in [0.25, 0.3) is 11.5 Å². The van der Waals surface area contributed by atoms with Crippen molar-refractivity contribution >= 4 is 11.6 Å². The van der Waals surface area contributed by atoms with Gasteiger partial charge in [-0.2, -0.15) is 0 Å². The fraction of sp³-hybridized carbons (Fsp3) is 0.273. The zero-order valence-electron chi connectivity index (χ0n) is 15.8. The molecule has 2 aromatic carbocycles. The van der Waals surface area contributed by atoms with E-state index in [2.05, 4.69) is 53.3 Å². The lowest BCUT2D eigenvalue weighted by Crippen LogP contribution is -2.35. The number of carbonyl (C=O) groups excluding carboxylic acids is 1. The molecule has 0 radical (unpaired) electrons. The van der Waals surface area contributed by atoms with Crippen LogP contribution in [0.4, 0.5) is 5.69 Å². The van der Waals surface area contributed by atoms with Crippen LogP contribution in [0.15, 0.2) is 65.3 Å². The summed E-state index contributed by atoms with van der Waals surface area (Å²) in [7, 11) is 0. The van der Waals surface area contributed by atoms with Gasteiger partial charge in [-0.05, 0) is 43.7 Å². The molecular weight excluding hydrogens is 338 g/mol. The number of anilines is 1. The summed E-state index contributed by atoms with van der Waals surface area (Å²) < 4.78 is 5.48. The second-order valence-corrected chi connectivity index (χ2v) is 6.46. The number of oxazole rings is 1. The number of benzene rings is 2. The fourth-order valence-corrected chi connectivity index (χ4v) is 2.95. The quantitative estimate of drug-likeness (QED) is 0.661. The average molecular weight is 363 g/mol. The molecule has 5 heteroatoms. The Morgan fingerprint density at radius 3 is 2.70 bits per heavy atom. The van der Waals surface area contributed by atoms with Gasteiger partial charge in [-0.25, -0.2) is 4.98 Å². The Bertz CT molecular complexity index is 874. The number of carbonyl (C=O) groups is 1. The minimum absolute atomic E-state index is 0.0526. The maximum atomic E-state index is 12.2. The molecule has 0 fully saturated rings. The monoisotopic (exact) mass is 363 g/mol. The van der Waals surface area contributed by atoms with E-state index < -0.39 is 0 Å². The molecule has 5 nitrogen and oxygen atoms in total. The van der Waals surface area contributed by atoms with Crippen molar-refractivity contribution in [1.82, 2.24) is 10.3 Å².